The lowest BCUT2D eigenvalue weighted by Crippen LogP contribution is -1.94. The van der Waals surface area contributed by atoms with Gasteiger partial charge in [0.05, 0.1) is 13.3 Å². The van der Waals surface area contributed by atoms with E-state index in [2.05, 4.69) is 26.0 Å². The van der Waals surface area contributed by atoms with Gasteiger partial charge in [0.1, 0.15) is 4.60 Å². The van der Waals surface area contributed by atoms with Crippen LogP contribution in [0.5, 0.6) is 5.88 Å². The number of imidazole rings is 1. The van der Waals surface area contributed by atoms with Crippen LogP contribution in [0.3, 0.4) is 0 Å². The molecule has 2 aromatic rings. The topological polar surface area (TPSA) is 39.4 Å². The molecule has 0 aromatic carbocycles. The van der Waals surface area contributed by atoms with Gasteiger partial charge in [-0.3, -0.25) is 0 Å². The summed E-state index contributed by atoms with van der Waals surface area (Å²) in [6, 6.07) is 3.70. The van der Waals surface area contributed by atoms with Crippen LogP contribution in [0, 0.1) is 0 Å². The Morgan fingerprint density at radius 1 is 1.50 bits per heavy atom. The molecule has 4 nitrogen and oxygen atoms in total. The maximum Gasteiger partial charge on any atom is 0.235 e. The minimum atomic E-state index is 0.631. The van der Waals surface area contributed by atoms with Gasteiger partial charge >= 0.3 is 0 Å². The number of aromatic nitrogens is 3. The maximum absolute atomic E-state index is 5.04. The summed E-state index contributed by atoms with van der Waals surface area (Å²) < 4.78 is 7.42. The van der Waals surface area contributed by atoms with Crippen molar-refractivity contribution in [1.29, 1.82) is 0 Å². The zero-order valence-corrected chi connectivity index (χ0v) is 7.95. The van der Waals surface area contributed by atoms with Gasteiger partial charge in [-0.25, -0.2) is 4.98 Å². The van der Waals surface area contributed by atoms with Crippen molar-refractivity contribution in [1.82, 2.24) is 14.6 Å². The van der Waals surface area contributed by atoms with Gasteiger partial charge in [-0.05, 0) is 28.1 Å². The molecular weight excluding hydrogens is 222 g/mol. The fourth-order valence-corrected chi connectivity index (χ4v) is 1.26. The number of nitrogens with zero attached hydrogens (tertiary/aromatic N) is 3. The van der Waals surface area contributed by atoms with Crippen LogP contribution in [0.4, 0.5) is 0 Å². The number of hydrogen-bond donors (Lipinski definition) is 0. The first-order chi connectivity index (χ1) is 5.81. The van der Waals surface area contributed by atoms with Gasteiger partial charge in [0, 0.05) is 0 Å². The molecule has 0 fully saturated rings. The van der Waals surface area contributed by atoms with Crippen molar-refractivity contribution in [2.24, 2.45) is 0 Å². The van der Waals surface area contributed by atoms with E-state index in [4.69, 9.17) is 4.74 Å². The lowest BCUT2D eigenvalue weighted by molar-refractivity contribution is 0.387. The van der Waals surface area contributed by atoms with Gasteiger partial charge in [-0.2, -0.15) is 9.61 Å². The van der Waals surface area contributed by atoms with Crippen molar-refractivity contribution in [2.75, 3.05) is 7.11 Å². The highest BCUT2D eigenvalue weighted by Crippen LogP contribution is 2.14. The third-order valence-electron chi connectivity index (χ3n) is 1.51. The number of fused-ring (bicyclic) bond motifs is 1. The number of hydrogen-bond acceptors (Lipinski definition) is 3. The zero-order chi connectivity index (χ0) is 8.55. The average molecular weight is 228 g/mol. The van der Waals surface area contributed by atoms with Crippen molar-refractivity contribution in [3.8, 4) is 5.88 Å². The van der Waals surface area contributed by atoms with E-state index >= 15 is 0 Å². The SMILES string of the molecule is COc1cnc2ccc(Br)nn12. The highest BCUT2D eigenvalue weighted by Gasteiger charge is 2.02. The van der Waals surface area contributed by atoms with Crippen molar-refractivity contribution in [2.45, 2.75) is 0 Å². The zero-order valence-electron chi connectivity index (χ0n) is 6.36. The van der Waals surface area contributed by atoms with Gasteiger partial charge in [0.15, 0.2) is 5.65 Å². The molecule has 0 saturated carbocycles. The van der Waals surface area contributed by atoms with Gasteiger partial charge in [0.2, 0.25) is 5.88 Å². The molecule has 2 rings (SSSR count). The minimum Gasteiger partial charge on any atom is -0.480 e. The van der Waals surface area contributed by atoms with E-state index in [0.717, 1.165) is 10.3 Å². The van der Waals surface area contributed by atoms with Crippen molar-refractivity contribution in [3.63, 3.8) is 0 Å². The molecule has 2 heterocycles. The Hall–Kier alpha value is -1.10. The molecule has 2 aromatic heterocycles. The van der Waals surface area contributed by atoms with Crippen LogP contribution in [0.2, 0.25) is 0 Å². The van der Waals surface area contributed by atoms with Gasteiger partial charge in [-0.15, -0.1) is 0 Å². The molecule has 5 heteroatoms. The highest BCUT2D eigenvalue weighted by molar-refractivity contribution is 9.10. The van der Waals surface area contributed by atoms with Crippen LogP contribution >= 0.6 is 15.9 Å². The van der Waals surface area contributed by atoms with E-state index in [1.54, 1.807) is 17.8 Å². The Balaban J connectivity index is 2.75. The van der Waals surface area contributed by atoms with Gasteiger partial charge < -0.3 is 4.74 Å². The van der Waals surface area contributed by atoms with E-state index < -0.39 is 0 Å². The Morgan fingerprint density at radius 2 is 2.33 bits per heavy atom. The first kappa shape index (κ1) is 7.54. The molecule has 0 N–H and O–H groups in total. The quantitative estimate of drug-likeness (QED) is 0.742. The van der Waals surface area contributed by atoms with E-state index in [-0.39, 0.29) is 0 Å². The summed E-state index contributed by atoms with van der Waals surface area (Å²) in [4.78, 5) is 4.09. The van der Waals surface area contributed by atoms with Crippen molar-refractivity contribution >= 4 is 21.6 Å². The van der Waals surface area contributed by atoms with Crippen LogP contribution in [-0.2, 0) is 0 Å². The first-order valence-corrected chi connectivity index (χ1v) is 4.15. The summed E-state index contributed by atoms with van der Waals surface area (Å²) in [5.74, 6) is 0.631. The largest absolute Gasteiger partial charge is 0.480 e. The number of rotatable bonds is 1. The molecule has 0 aliphatic heterocycles. The first-order valence-electron chi connectivity index (χ1n) is 3.35. The molecule has 0 saturated heterocycles. The highest BCUT2D eigenvalue weighted by atomic mass is 79.9. The smallest absolute Gasteiger partial charge is 0.235 e. The Labute approximate surface area is 77.3 Å². The molecule has 0 amide bonds. The summed E-state index contributed by atoms with van der Waals surface area (Å²) in [5, 5.41) is 4.15. The normalized spacial score (nSPS) is 10.5. The molecule has 0 bridgehead atoms. The molecule has 0 radical (unpaired) electrons. The van der Waals surface area contributed by atoms with Crippen LogP contribution in [0.25, 0.3) is 5.65 Å². The van der Waals surface area contributed by atoms with Crippen molar-refractivity contribution < 1.29 is 4.74 Å². The van der Waals surface area contributed by atoms with Crippen LogP contribution in [-0.4, -0.2) is 21.7 Å². The summed E-state index contributed by atoms with van der Waals surface area (Å²) in [5.41, 5.74) is 0.773. The number of halogens is 1. The second kappa shape index (κ2) is 2.75. The Bertz CT molecular complexity index is 412. The van der Waals surface area contributed by atoms with E-state index in [1.165, 1.54) is 0 Å². The second-order valence-corrected chi connectivity index (χ2v) is 3.04. The van der Waals surface area contributed by atoms with Crippen LogP contribution in [0.1, 0.15) is 0 Å². The average Bonchev–Trinajstić information content (AvgIpc) is 2.46. The Kier molecular flexibility index (Phi) is 1.73. The lowest BCUT2D eigenvalue weighted by atomic mass is 10.6. The molecule has 0 aliphatic carbocycles. The third kappa shape index (κ3) is 1.06. The predicted molar refractivity (Wildman–Crippen MR) is 47.2 cm³/mol. The molecule has 0 unspecified atom stereocenters. The summed E-state index contributed by atoms with van der Waals surface area (Å²) in [7, 11) is 1.59. The monoisotopic (exact) mass is 227 g/mol. The Morgan fingerprint density at radius 3 is 3.08 bits per heavy atom. The molecule has 0 spiro atoms. The third-order valence-corrected chi connectivity index (χ3v) is 1.93. The summed E-state index contributed by atoms with van der Waals surface area (Å²) in [6.45, 7) is 0. The molecular formula is C7H6BrN3O. The van der Waals surface area contributed by atoms with E-state index in [1.807, 2.05) is 12.1 Å². The summed E-state index contributed by atoms with van der Waals surface area (Å²) in [6.07, 6.45) is 1.63. The van der Waals surface area contributed by atoms with E-state index in [0.29, 0.717) is 5.88 Å². The summed E-state index contributed by atoms with van der Waals surface area (Å²) >= 11 is 3.27. The minimum absolute atomic E-state index is 0.631. The van der Waals surface area contributed by atoms with E-state index in [9.17, 15) is 0 Å². The lowest BCUT2D eigenvalue weighted by Gasteiger charge is -1.97. The second-order valence-electron chi connectivity index (χ2n) is 2.23. The number of methoxy groups -OCH3 is 1. The fraction of sp³-hybridized carbons (Fsp3) is 0.143. The van der Waals surface area contributed by atoms with Gasteiger partial charge in [0.25, 0.3) is 0 Å². The standard InChI is InChI=1S/C7H6BrN3O/c1-12-7-4-9-6-3-2-5(8)10-11(6)7/h2-4H,1H3. The van der Waals surface area contributed by atoms with Crippen molar-refractivity contribution in [3.05, 3.63) is 22.9 Å². The predicted octanol–water partition coefficient (Wildman–Crippen LogP) is 1.50. The van der Waals surface area contributed by atoms with Crippen LogP contribution < -0.4 is 4.74 Å². The molecule has 0 aliphatic rings. The molecule has 12 heavy (non-hydrogen) atoms. The van der Waals surface area contributed by atoms with Crippen LogP contribution in [0.15, 0.2) is 22.9 Å². The van der Waals surface area contributed by atoms with Gasteiger partial charge in [-0.1, -0.05) is 0 Å². The number of ether oxygens (including phenoxy) is 1. The fourth-order valence-electron chi connectivity index (χ4n) is 0.969. The molecule has 0 atom stereocenters. The molecule has 62 valence electrons. The maximum atomic E-state index is 5.04.